The van der Waals surface area contributed by atoms with Gasteiger partial charge in [0.2, 0.25) is 0 Å². The lowest BCUT2D eigenvalue weighted by molar-refractivity contribution is -0.114. The molecule has 5 aliphatic rings. The van der Waals surface area contributed by atoms with E-state index in [4.69, 9.17) is 4.74 Å². The minimum atomic E-state index is 0.111. The second-order valence-corrected chi connectivity index (χ2v) is 8.32. The van der Waals surface area contributed by atoms with Crippen LogP contribution in [-0.2, 0) is 9.53 Å². The van der Waals surface area contributed by atoms with Gasteiger partial charge in [0.25, 0.3) is 0 Å². The van der Waals surface area contributed by atoms with Gasteiger partial charge in [-0.15, -0.1) is 0 Å². The Morgan fingerprint density at radius 2 is 2.04 bits per heavy atom. The maximum atomic E-state index is 11.7. The summed E-state index contributed by atoms with van der Waals surface area (Å²) in [5.41, 5.74) is 4.80. The summed E-state index contributed by atoms with van der Waals surface area (Å²) < 4.78 is 6.23. The van der Waals surface area contributed by atoms with Crippen LogP contribution >= 0.6 is 0 Å². The van der Waals surface area contributed by atoms with Gasteiger partial charge in [-0.2, -0.15) is 0 Å². The smallest absolute Gasteiger partial charge is 0.156 e. The highest BCUT2D eigenvalue weighted by Crippen LogP contribution is 2.60. The van der Waals surface area contributed by atoms with E-state index in [2.05, 4.69) is 13.0 Å². The van der Waals surface area contributed by atoms with Gasteiger partial charge in [0, 0.05) is 18.3 Å². The second kappa shape index (κ2) is 4.84. The molecule has 0 aromatic rings. The van der Waals surface area contributed by atoms with Gasteiger partial charge in [-0.25, -0.2) is 0 Å². The first-order valence-electron chi connectivity index (χ1n) is 9.49. The molecule has 1 heterocycles. The van der Waals surface area contributed by atoms with Crippen molar-refractivity contribution in [3.63, 3.8) is 0 Å². The third-order valence-electron chi connectivity index (χ3n) is 7.58. The van der Waals surface area contributed by atoms with E-state index in [0.29, 0.717) is 11.7 Å². The molecule has 1 spiro atoms. The Hall–Kier alpha value is -1.31. The highest BCUT2D eigenvalue weighted by molar-refractivity contribution is 5.93. The number of allylic oxidation sites excluding steroid dienone is 4. The molecule has 0 saturated heterocycles. The van der Waals surface area contributed by atoms with Crippen LogP contribution in [0.2, 0.25) is 0 Å². The standard InChI is InChI=1S/C21H26O2/c1-13-9-11-23-21(13)10-8-19-18-4-2-14-12-15(22)3-5-16(14)17(18)6-7-20(19)21/h9,11-13,18-20H,2-8,10H2,1H3/t13?,18-,19+,20+,21?/m1/s1. The molecule has 5 atom stereocenters. The first-order valence-corrected chi connectivity index (χ1v) is 9.49. The minimum Gasteiger partial charge on any atom is -0.494 e. The third kappa shape index (κ3) is 1.84. The number of hydrogen-bond acceptors (Lipinski definition) is 2. The lowest BCUT2D eigenvalue weighted by atomic mass is 9.61. The lowest BCUT2D eigenvalue weighted by Crippen LogP contribution is -2.44. The topological polar surface area (TPSA) is 26.3 Å². The van der Waals surface area contributed by atoms with E-state index in [0.717, 1.165) is 37.0 Å². The normalized spacial score (nSPS) is 44.7. The van der Waals surface area contributed by atoms with Crippen LogP contribution in [0.3, 0.4) is 0 Å². The number of carbonyl (C=O) groups is 1. The van der Waals surface area contributed by atoms with Crippen molar-refractivity contribution in [1.29, 1.82) is 0 Å². The van der Waals surface area contributed by atoms with Crippen LogP contribution in [0.1, 0.15) is 58.3 Å². The second-order valence-electron chi connectivity index (χ2n) is 8.32. The SMILES string of the molecule is CC1C=COC12CC[C@H]1[C@@H]3CCC4=CC(=O)CCC4=C3CC[C@@H]12. The molecule has 2 nitrogen and oxygen atoms in total. The van der Waals surface area contributed by atoms with Crippen molar-refractivity contribution in [2.45, 2.75) is 63.9 Å². The average molecular weight is 310 g/mol. The van der Waals surface area contributed by atoms with Crippen LogP contribution in [0.15, 0.2) is 35.1 Å². The van der Waals surface area contributed by atoms with Crippen LogP contribution in [0.4, 0.5) is 0 Å². The van der Waals surface area contributed by atoms with Crippen molar-refractivity contribution in [2.24, 2.45) is 23.7 Å². The molecule has 4 aliphatic carbocycles. The Bertz CT molecular complexity index is 653. The van der Waals surface area contributed by atoms with E-state index in [9.17, 15) is 4.79 Å². The van der Waals surface area contributed by atoms with Gasteiger partial charge in [0.05, 0.1) is 6.26 Å². The van der Waals surface area contributed by atoms with Gasteiger partial charge in [-0.05, 0) is 80.1 Å². The highest BCUT2D eigenvalue weighted by atomic mass is 16.5. The van der Waals surface area contributed by atoms with E-state index in [1.54, 1.807) is 11.1 Å². The molecule has 0 bridgehead atoms. The van der Waals surface area contributed by atoms with E-state index in [1.165, 1.54) is 37.7 Å². The molecule has 1 aliphatic heterocycles. The summed E-state index contributed by atoms with van der Waals surface area (Å²) in [6.07, 6.45) is 15.4. The maximum Gasteiger partial charge on any atom is 0.156 e. The average Bonchev–Trinajstić information content (AvgIpc) is 3.12. The molecule has 2 heteroatoms. The summed E-state index contributed by atoms with van der Waals surface area (Å²) in [5.74, 6) is 3.23. The fourth-order valence-electron chi connectivity index (χ4n) is 6.53. The van der Waals surface area contributed by atoms with Gasteiger partial charge in [0.15, 0.2) is 5.78 Å². The Balaban J connectivity index is 1.50. The summed E-state index contributed by atoms with van der Waals surface area (Å²) in [6, 6.07) is 0. The zero-order valence-electron chi connectivity index (χ0n) is 14.0. The van der Waals surface area contributed by atoms with Crippen LogP contribution in [0.5, 0.6) is 0 Å². The number of hydrogen-bond donors (Lipinski definition) is 0. The summed E-state index contributed by atoms with van der Waals surface area (Å²) in [5, 5.41) is 0. The minimum absolute atomic E-state index is 0.111. The maximum absolute atomic E-state index is 11.7. The number of ether oxygens (including phenoxy) is 1. The zero-order chi connectivity index (χ0) is 15.6. The van der Waals surface area contributed by atoms with Gasteiger partial charge >= 0.3 is 0 Å². The van der Waals surface area contributed by atoms with E-state index in [-0.39, 0.29) is 5.60 Å². The largest absolute Gasteiger partial charge is 0.494 e. The molecule has 0 N–H and O–H groups in total. The van der Waals surface area contributed by atoms with E-state index in [1.807, 2.05) is 12.3 Å². The van der Waals surface area contributed by atoms with Crippen molar-refractivity contribution < 1.29 is 9.53 Å². The monoisotopic (exact) mass is 310 g/mol. The van der Waals surface area contributed by atoms with Gasteiger partial charge in [0.1, 0.15) is 5.60 Å². The lowest BCUT2D eigenvalue weighted by Gasteiger charge is -2.46. The molecule has 5 rings (SSSR count). The molecule has 2 unspecified atom stereocenters. The number of ketones is 1. The molecule has 122 valence electrons. The Kier molecular flexibility index (Phi) is 2.96. The summed E-state index contributed by atoms with van der Waals surface area (Å²) in [7, 11) is 0. The number of carbonyl (C=O) groups excluding carboxylic acids is 1. The van der Waals surface area contributed by atoms with Crippen LogP contribution in [-0.4, -0.2) is 11.4 Å². The van der Waals surface area contributed by atoms with Gasteiger partial charge in [-0.3, -0.25) is 4.79 Å². The van der Waals surface area contributed by atoms with Crippen molar-refractivity contribution in [3.05, 3.63) is 35.1 Å². The molecule has 0 radical (unpaired) electrons. The van der Waals surface area contributed by atoms with Crippen molar-refractivity contribution in [1.82, 2.24) is 0 Å². The molecular formula is C21H26O2. The van der Waals surface area contributed by atoms with Crippen molar-refractivity contribution in [2.75, 3.05) is 0 Å². The molecule has 2 saturated carbocycles. The zero-order valence-corrected chi connectivity index (χ0v) is 14.0. The fraction of sp³-hybridized carbons (Fsp3) is 0.667. The van der Waals surface area contributed by atoms with E-state index >= 15 is 0 Å². The molecule has 0 amide bonds. The number of rotatable bonds is 0. The summed E-state index contributed by atoms with van der Waals surface area (Å²) >= 11 is 0. The predicted octanol–water partition coefficient (Wildman–Crippen LogP) is 4.72. The molecule has 0 aromatic heterocycles. The van der Waals surface area contributed by atoms with Crippen LogP contribution < -0.4 is 0 Å². The molecule has 2 fully saturated rings. The summed E-state index contributed by atoms with van der Waals surface area (Å²) in [4.78, 5) is 11.7. The number of fused-ring (bicyclic) bond motifs is 5. The van der Waals surface area contributed by atoms with Crippen LogP contribution in [0.25, 0.3) is 0 Å². The quantitative estimate of drug-likeness (QED) is 0.647. The highest BCUT2D eigenvalue weighted by Gasteiger charge is 2.57. The van der Waals surface area contributed by atoms with Gasteiger partial charge in [-0.1, -0.05) is 12.5 Å². The molecule has 0 aromatic carbocycles. The van der Waals surface area contributed by atoms with Crippen molar-refractivity contribution in [3.8, 4) is 0 Å². The van der Waals surface area contributed by atoms with Gasteiger partial charge < -0.3 is 4.74 Å². The first kappa shape index (κ1) is 14.1. The van der Waals surface area contributed by atoms with Crippen molar-refractivity contribution >= 4 is 5.78 Å². The molecular weight excluding hydrogens is 284 g/mol. The Morgan fingerprint density at radius 1 is 1.13 bits per heavy atom. The third-order valence-corrected chi connectivity index (χ3v) is 7.58. The fourth-order valence-corrected chi connectivity index (χ4v) is 6.53. The summed E-state index contributed by atoms with van der Waals surface area (Å²) in [6.45, 7) is 2.34. The Labute approximate surface area is 138 Å². The van der Waals surface area contributed by atoms with E-state index < -0.39 is 0 Å². The first-order chi connectivity index (χ1) is 11.2. The molecule has 23 heavy (non-hydrogen) atoms. The Morgan fingerprint density at radius 3 is 2.87 bits per heavy atom. The van der Waals surface area contributed by atoms with Crippen LogP contribution in [0, 0.1) is 23.7 Å². The predicted molar refractivity (Wildman–Crippen MR) is 89.6 cm³/mol.